The maximum Gasteiger partial charge on any atom is 0.310 e. The highest BCUT2D eigenvalue weighted by Crippen LogP contribution is 2.18. The topological polar surface area (TPSA) is 39.2 Å². The Morgan fingerprint density at radius 1 is 1.50 bits per heavy atom. The first-order valence-electron chi connectivity index (χ1n) is 4.63. The lowest BCUT2D eigenvalue weighted by Crippen LogP contribution is -2.10. The molecule has 1 heterocycles. The summed E-state index contributed by atoms with van der Waals surface area (Å²) in [5.41, 5.74) is -0.701. The van der Waals surface area contributed by atoms with E-state index in [1.165, 1.54) is 0 Å². The Kier molecular flexibility index (Phi) is 4.28. The third-order valence-corrected chi connectivity index (χ3v) is 1.81. The molecule has 6 heteroatoms. The van der Waals surface area contributed by atoms with Gasteiger partial charge in [-0.05, 0) is 13.0 Å². The smallest absolute Gasteiger partial charge is 0.310 e. The molecule has 0 unspecified atom stereocenters. The monoisotopic (exact) mass is 233 g/mol. The lowest BCUT2D eigenvalue weighted by Gasteiger charge is -2.04. The number of aromatic nitrogens is 1. The Morgan fingerprint density at radius 3 is 2.69 bits per heavy atom. The molecular formula is C10H10F3NO2. The van der Waals surface area contributed by atoms with E-state index in [4.69, 9.17) is 0 Å². The summed E-state index contributed by atoms with van der Waals surface area (Å²) < 4.78 is 42.0. The second-order valence-electron chi connectivity index (χ2n) is 2.97. The van der Waals surface area contributed by atoms with Crippen molar-refractivity contribution in [2.24, 2.45) is 0 Å². The summed E-state index contributed by atoms with van der Waals surface area (Å²) in [7, 11) is 0. The largest absolute Gasteiger partial charge is 0.466 e. The van der Waals surface area contributed by atoms with Crippen LogP contribution in [-0.4, -0.2) is 17.6 Å². The minimum Gasteiger partial charge on any atom is -0.466 e. The maximum absolute atomic E-state index is 13.2. The summed E-state index contributed by atoms with van der Waals surface area (Å²) in [5.74, 6) is -1.68. The van der Waals surface area contributed by atoms with Crippen LogP contribution in [0.15, 0.2) is 12.1 Å². The summed E-state index contributed by atoms with van der Waals surface area (Å²) in [4.78, 5) is 14.1. The van der Waals surface area contributed by atoms with Gasteiger partial charge < -0.3 is 4.74 Å². The van der Waals surface area contributed by atoms with Crippen LogP contribution in [0.2, 0.25) is 0 Å². The van der Waals surface area contributed by atoms with E-state index in [1.807, 2.05) is 0 Å². The van der Waals surface area contributed by atoms with Gasteiger partial charge in [-0.1, -0.05) is 6.07 Å². The number of nitrogens with zero attached hydrogens (tertiary/aromatic N) is 1. The third-order valence-electron chi connectivity index (χ3n) is 1.81. The van der Waals surface area contributed by atoms with Gasteiger partial charge in [-0.25, -0.2) is 13.8 Å². The Morgan fingerprint density at radius 2 is 2.19 bits per heavy atom. The van der Waals surface area contributed by atoms with Gasteiger partial charge >= 0.3 is 5.97 Å². The molecule has 0 atom stereocenters. The maximum atomic E-state index is 13.2. The Labute approximate surface area is 90.2 Å². The highest BCUT2D eigenvalue weighted by atomic mass is 19.3. The van der Waals surface area contributed by atoms with Crippen LogP contribution in [0.4, 0.5) is 13.2 Å². The molecule has 3 nitrogen and oxygen atoms in total. The van der Waals surface area contributed by atoms with E-state index in [2.05, 4.69) is 9.72 Å². The predicted molar refractivity (Wildman–Crippen MR) is 49.5 cm³/mol. The van der Waals surface area contributed by atoms with Crippen LogP contribution in [-0.2, 0) is 16.0 Å². The number of rotatable bonds is 4. The van der Waals surface area contributed by atoms with Crippen molar-refractivity contribution in [3.05, 3.63) is 29.3 Å². The minimum atomic E-state index is -2.83. The number of halogens is 3. The predicted octanol–water partition coefficient (Wildman–Crippen LogP) is 2.26. The molecule has 16 heavy (non-hydrogen) atoms. The van der Waals surface area contributed by atoms with Crippen molar-refractivity contribution in [3.63, 3.8) is 0 Å². The highest BCUT2D eigenvalue weighted by Gasteiger charge is 2.14. The van der Waals surface area contributed by atoms with Gasteiger partial charge in [0.15, 0.2) is 0 Å². The number of hydrogen-bond acceptors (Lipinski definition) is 3. The first kappa shape index (κ1) is 12.5. The van der Waals surface area contributed by atoms with Crippen LogP contribution in [0.25, 0.3) is 0 Å². The van der Waals surface area contributed by atoms with Crippen LogP contribution < -0.4 is 0 Å². The molecule has 0 aliphatic rings. The Hall–Kier alpha value is -1.59. The van der Waals surface area contributed by atoms with Gasteiger partial charge in [0.05, 0.1) is 13.0 Å². The van der Waals surface area contributed by atoms with Crippen molar-refractivity contribution in [1.29, 1.82) is 0 Å². The number of hydrogen-bond donors (Lipinski definition) is 0. The van der Waals surface area contributed by atoms with Crippen molar-refractivity contribution < 1.29 is 22.7 Å². The van der Waals surface area contributed by atoms with Crippen LogP contribution in [0.3, 0.4) is 0 Å². The van der Waals surface area contributed by atoms with Crippen molar-refractivity contribution in [2.45, 2.75) is 19.8 Å². The fourth-order valence-electron chi connectivity index (χ4n) is 1.10. The van der Waals surface area contributed by atoms with Gasteiger partial charge in [-0.15, -0.1) is 0 Å². The van der Waals surface area contributed by atoms with Gasteiger partial charge in [0.2, 0.25) is 5.95 Å². The van der Waals surface area contributed by atoms with Gasteiger partial charge in [0, 0.05) is 5.56 Å². The van der Waals surface area contributed by atoms with E-state index >= 15 is 0 Å². The number of ether oxygens (including phenoxy) is 1. The second-order valence-corrected chi connectivity index (χ2v) is 2.97. The fraction of sp³-hybridized carbons (Fsp3) is 0.400. The van der Waals surface area contributed by atoms with E-state index in [9.17, 15) is 18.0 Å². The molecule has 0 fully saturated rings. The van der Waals surface area contributed by atoms with E-state index in [0.29, 0.717) is 0 Å². The lowest BCUT2D eigenvalue weighted by molar-refractivity contribution is -0.142. The van der Waals surface area contributed by atoms with Crippen LogP contribution in [0, 0.1) is 5.95 Å². The number of esters is 1. The molecule has 0 aromatic carbocycles. The molecule has 0 saturated carbocycles. The van der Waals surface area contributed by atoms with E-state index in [1.54, 1.807) is 6.92 Å². The first-order valence-corrected chi connectivity index (χ1v) is 4.63. The van der Waals surface area contributed by atoms with Crippen molar-refractivity contribution >= 4 is 5.97 Å². The minimum absolute atomic E-state index is 0.0529. The Bertz CT molecular complexity index is 382. The summed E-state index contributed by atoms with van der Waals surface area (Å²) in [6.45, 7) is 1.80. The quantitative estimate of drug-likeness (QED) is 0.591. The van der Waals surface area contributed by atoms with Crippen LogP contribution >= 0.6 is 0 Å². The molecule has 0 amide bonds. The van der Waals surface area contributed by atoms with Crippen molar-refractivity contribution in [3.8, 4) is 0 Å². The standard InChI is InChI=1S/C10H10F3NO2/c1-2-16-8(15)5-6-3-4-7(9(11)12)14-10(6)13/h3-4,9H,2,5H2,1H3. The van der Waals surface area contributed by atoms with Gasteiger partial charge in [-0.2, -0.15) is 4.39 Å². The van der Waals surface area contributed by atoms with Gasteiger partial charge in [0.1, 0.15) is 5.69 Å². The summed E-state index contributed by atoms with van der Waals surface area (Å²) in [5, 5.41) is 0. The fourth-order valence-corrected chi connectivity index (χ4v) is 1.10. The van der Waals surface area contributed by atoms with Crippen LogP contribution in [0.5, 0.6) is 0 Å². The lowest BCUT2D eigenvalue weighted by atomic mass is 10.2. The number of carbonyl (C=O) groups excluding carboxylic acids is 1. The first-order chi connectivity index (χ1) is 7.54. The normalized spacial score (nSPS) is 10.6. The Balaban J connectivity index is 2.79. The molecule has 0 spiro atoms. The van der Waals surface area contributed by atoms with Gasteiger partial charge in [0.25, 0.3) is 6.43 Å². The molecule has 0 N–H and O–H groups in total. The molecule has 1 aromatic heterocycles. The molecule has 0 aliphatic heterocycles. The molecular weight excluding hydrogens is 223 g/mol. The molecule has 1 aromatic rings. The molecule has 0 bridgehead atoms. The average Bonchev–Trinajstić information content (AvgIpc) is 2.21. The van der Waals surface area contributed by atoms with E-state index in [-0.39, 0.29) is 18.6 Å². The van der Waals surface area contributed by atoms with E-state index in [0.717, 1.165) is 12.1 Å². The zero-order chi connectivity index (χ0) is 12.1. The molecule has 1 rings (SSSR count). The SMILES string of the molecule is CCOC(=O)Cc1ccc(C(F)F)nc1F. The third kappa shape index (κ3) is 3.22. The van der Waals surface area contributed by atoms with Crippen LogP contribution in [0.1, 0.15) is 24.6 Å². The molecule has 0 aliphatic carbocycles. The van der Waals surface area contributed by atoms with Crippen molar-refractivity contribution in [2.75, 3.05) is 6.61 Å². The number of alkyl halides is 2. The second kappa shape index (κ2) is 5.48. The zero-order valence-corrected chi connectivity index (χ0v) is 8.54. The number of carbonyl (C=O) groups is 1. The summed E-state index contributed by atoms with van der Waals surface area (Å²) in [6.07, 6.45) is -3.14. The highest BCUT2D eigenvalue weighted by molar-refractivity contribution is 5.72. The molecule has 88 valence electrons. The average molecular weight is 233 g/mol. The van der Waals surface area contributed by atoms with E-state index < -0.39 is 24.0 Å². The number of pyridine rings is 1. The zero-order valence-electron chi connectivity index (χ0n) is 8.54. The van der Waals surface area contributed by atoms with Gasteiger partial charge in [-0.3, -0.25) is 4.79 Å². The van der Waals surface area contributed by atoms with Crippen molar-refractivity contribution in [1.82, 2.24) is 4.98 Å². The summed E-state index contributed by atoms with van der Waals surface area (Å²) >= 11 is 0. The summed E-state index contributed by atoms with van der Waals surface area (Å²) in [6, 6.07) is 2.10. The molecule has 0 radical (unpaired) electrons. The molecule has 0 saturated heterocycles.